The molecule has 0 radical (unpaired) electrons. The molecule has 3 rings (SSSR count). The van der Waals surface area contributed by atoms with Crippen molar-refractivity contribution in [3.8, 4) is 11.5 Å². The number of nitrogens with zero attached hydrogens (tertiary/aromatic N) is 1. The Morgan fingerprint density at radius 2 is 1.94 bits per heavy atom. The molecule has 5 nitrogen and oxygen atoms in total. The van der Waals surface area contributed by atoms with Crippen LogP contribution in [-0.2, 0) is 4.84 Å². The fraction of sp³-hybridized carbons (Fsp3) is 0.417. The van der Waals surface area contributed by atoms with Gasteiger partial charge in [0.1, 0.15) is 13.2 Å². The predicted octanol–water partition coefficient (Wildman–Crippen LogP) is 1.24. The summed E-state index contributed by atoms with van der Waals surface area (Å²) in [6, 6.07) is 5.20. The van der Waals surface area contributed by atoms with Crippen LogP contribution in [0.3, 0.4) is 0 Å². The number of carbonyl (C=O) groups excluding carboxylic acids is 1. The van der Waals surface area contributed by atoms with Crippen LogP contribution >= 0.6 is 0 Å². The van der Waals surface area contributed by atoms with Crippen LogP contribution in [0.1, 0.15) is 16.8 Å². The minimum Gasteiger partial charge on any atom is -0.486 e. The molecule has 17 heavy (non-hydrogen) atoms. The molecule has 1 fully saturated rings. The van der Waals surface area contributed by atoms with Crippen molar-refractivity contribution in [2.45, 2.75) is 6.42 Å². The summed E-state index contributed by atoms with van der Waals surface area (Å²) in [6.07, 6.45) is 0.885. The Bertz CT molecular complexity index is 440. The number of rotatable bonds is 1. The molecule has 1 saturated heterocycles. The van der Waals surface area contributed by atoms with Crippen LogP contribution in [0.25, 0.3) is 0 Å². The summed E-state index contributed by atoms with van der Waals surface area (Å²) in [4.78, 5) is 17.3. The molecule has 90 valence electrons. The first-order chi connectivity index (χ1) is 8.34. The molecule has 0 aromatic heterocycles. The molecule has 0 saturated carbocycles. The maximum absolute atomic E-state index is 12.0. The van der Waals surface area contributed by atoms with E-state index in [1.165, 1.54) is 5.06 Å². The third kappa shape index (κ3) is 1.93. The summed E-state index contributed by atoms with van der Waals surface area (Å²) < 4.78 is 10.8. The number of hydroxylamine groups is 2. The molecule has 0 unspecified atom stereocenters. The highest BCUT2D eigenvalue weighted by Crippen LogP contribution is 2.31. The van der Waals surface area contributed by atoms with Gasteiger partial charge in [0, 0.05) is 5.56 Å². The van der Waals surface area contributed by atoms with Gasteiger partial charge in [0.05, 0.1) is 13.2 Å². The number of fused-ring (bicyclic) bond motifs is 1. The lowest BCUT2D eigenvalue weighted by Gasteiger charge is -2.20. The molecule has 1 amide bonds. The van der Waals surface area contributed by atoms with E-state index in [1.54, 1.807) is 18.2 Å². The van der Waals surface area contributed by atoms with E-state index in [2.05, 4.69) is 0 Å². The fourth-order valence-electron chi connectivity index (χ4n) is 1.93. The molecular formula is C12H13NO4. The van der Waals surface area contributed by atoms with E-state index >= 15 is 0 Å². The number of benzene rings is 1. The van der Waals surface area contributed by atoms with Crippen LogP contribution < -0.4 is 9.47 Å². The average Bonchev–Trinajstić information content (AvgIpc) is 2.91. The molecule has 0 bridgehead atoms. The monoisotopic (exact) mass is 235 g/mol. The maximum Gasteiger partial charge on any atom is 0.277 e. The molecule has 2 aliphatic rings. The Labute approximate surface area is 98.8 Å². The van der Waals surface area contributed by atoms with Crippen molar-refractivity contribution in [3.05, 3.63) is 23.8 Å². The van der Waals surface area contributed by atoms with Gasteiger partial charge in [-0.1, -0.05) is 0 Å². The summed E-state index contributed by atoms with van der Waals surface area (Å²) in [5, 5.41) is 1.39. The largest absolute Gasteiger partial charge is 0.486 e. The molecule has 0 atom stereocenters. The second kappa shape index (κ2) is 4.25. The molecular weight excluding hydrogens is 222 g/mol. The molecule has 1 aromatic carbocycles. The van der Waals surface area contributed by atoms with Crippen molar-refractivity contribution in [3.63, 3.8) is 0 Å². The summed E-state index contributed by atoms with van der Waals surface area (Å²) >= 11 is 0. The molecule has 0 aliphatic carbocycles. The zero-order valence-electron chi connectivity index (χ0n) is 9.35. The molecule has 0 N–H and O–H groups in total. The smallest absolute Gasteiger partial charge is 0.277 e. The highest BCUT2D eigenvalue weighted by atomic mass is 16.7. The van der Waals surface area contributed by atoms with Gasteiger partial charge in [0.15, 0.2) is 11.5 Å². The predicted molar refractivity (Wildman–Crippen MR) is 59.0 cm³/mol. The van der Waals surface area contributed by atoms with E-state index in [4.69, 9.17) is 14.3 Å². The van der Waals surface area contributed by atoms with Gasteiger partial charge in [-0.2, -0.15) is 0 Å². The van der Waals surface area contributed by atoms with Gasteiger partial charge in [-0.25, -0.2) is 5.06 Å². The topological polar surface area (TPSA) is 48.0 Å². The number of hydrogen-bond donors (Lipinski definition) is 0. The number of ether oxygens (including phenoxy) is 2. The normalized spacial score (nSPS) is 18.2. The Morgan fingerprint density at radius 3 is 2.71 bits per heavy atom. The quantitative estimate of drug-likeness (QED) is 0.734. The van der Waals surface area contributed by atoms with Crippen LogP contribution in [-0.4, -0.2) is 37.3 Å². The van der Waals surface area contributed by atoms with E-state index in [1.807, 2.05) is 0 Å². The number of hydrogen-bond acceptors (Lipinski definition) is 4. The van der Waals surface area contributed by atoms with E-state index in [-0.39, 0.29) is 5.91 Å². The molecule has 2 heterocycles. The second-order valence-electron chi connectivity index (χ2n) is 3.95. The molecule has 0 spiro atoms. The average molecular weight is 235 g/mol. The zero-order valence-corrected chi connectivity index (χ0v) is 9.35. The number of amides is 1. The van der Waals surface area contributed by atoms with Gasteiger partial charge >= 0.3 is 0 Å². The van der Waals surface area contributed by atoms with Gasteiger partial charge in [-0.05, 0) is 24.6 Å². The van der Waals surface area contributed by atoms with Crippen LogP contribution in [0.4, 0.5) is 0 Å². The van der Waals surface area contributed by atoms with Crippen molar-refractivity contribution in [1.29, 1.82) is 0 Å². The minimum atomic E-state index is -0.125. The second-order valence-corrected chi connectivity index (χ2v) is 3.95. The first-order valence-corrected chi connectivity index (χ1v) is 5.69. The number of carbonyl (C=O) groups is 1. The third-order valence-corrected chi connectivity index (χ3v) is 2.77. The minimum absolute atomic E-state index is 0.125. The highest BCUT2D eigenvalue weighted by Gasteiger charge is 2.22. The van der Waals surface area contributed by atoms with Crippen LogP contribution in [0, 0.1) is 0 Å². The van der Waals surface area contributed by atoms with E-state index in [9.17, 15) is 4.79 Å². The Hall–Kier alpha value is -1.75. The lowest BCUT2D eigenvalue weighted by atomic mass is 10.2. The maximum atomic E-state index is 12.0. The lowest BCUT2D eigenvalue weighted by molar-refractivity contribution is -0.0768. The summed E-state index contributed by atoms with van der Waals surface area (Å²) in [7, 11) is 0. The fourth-order valence-corrected chi connectivity index (χ4v) is 1.93. The van der Waals surface area contributed by atoms with Crippen LogP contribution in [0.15, 0.2) is 18.2 Å². The van der Waals surface area contributed by atoms with Gasteiger partial charge < -0.3 is 9.47 Å². The Balaban J connectivity index is 1.85. The van der Waals surface area contributed by atoms with Crippen molar-refractivity contribution >= 4 is 5.91 Å². The summed E-state index contributed by atoms with van der Waals surface area (Å²) in [5.41, 5.74) is 0.566. The first kappa shape index (κ1) is 10.4. The van der Waals surface area contributed by atoms with Gasteiger partial charge in [0.25, 0.3) is 5.91 Å². The molecule has 2 aliphatic heterocycles. The first-order valence-electron chi connectivity index (χ1n) is 5.69. The molecule has 5 heteroatoms. The van der Waals surface area contributed by atoms with Gasteiger partial charge in [-0.3, -0.25) is 9.63 Å². The van der Waals surface area contributed by atoms with Crippen LogP contribution in [0.5, 0.6) is 11.5 Å². The third-order valence-electron chi connectivity index (χ3n) is 2.77. The Kier molecular flexibility index (Phi) is 2.60. The SMILES string of the molecule is O=C(c1ccc2c(c1)OCCO2)N1CCCO1. The van der Waals surface area contributed by atoms with E-state index in [0.29, 0.717) is 43.4 Å². The standard InChI is InChI=1S/C12H13NO4/c14-12(13-4-1-5-17-13)9-2-3-10-11(8-9)16-7-6-15-10/h2-3,8H,1,4-7H2. The Morgan fingerprint density at radius 1 is 1.12 bits per heavy atom. The van der Waals surface area contributed by atoms with Crippen molar-refractivity contribution in [1.82, 2.24) is 5.06 Å². The van der Waals surface area contributed by atoms with Crippen molar-refractivity contribution < 1.29 is 19.1 Å². The van der Waals surface area contributed by atoms with E-state index in [0.717, 1.165) is 6.42 Å². The lowest BCUT2D eigenvalue weighted by Crippen LogP contribution is -2.26. The van der Waals surface area contributed by atoms with Gasteiger partial charge in [-0.15, -0.1) is 0 Å². The van der Waals surface area contributed by atoms with Crippen LogP contribution in [0.2, 0.25) is 0 Å². The van der Waals surface area contributed by atoms with E-state index < -0.39 is 0 Å². The van der Waals surface area contributed by atoms with Crippen molar-refractivity contribution in [2.24, 2.45) is 0 Å². The zero-order chi connectivity index (χ0) is 11.7. The highest BCUT2D eigenvalue weighted by molar-refractivity contribution is 5.94. The van der Waals surface area contributed by atoms with Gasteiger partial charge in [0.2, 0.25) is 0 Å². The molecule has 1 aromatic rings. The summed E-state index contributed by atoms with van der Waals surface area (Å²) in [6.45, 7) is 2.32. The van der Waals surface area contributed by atoms with Crippen molar-refractivity contribution in [2.75, 3.05) is 26.4 Å². The summed E-state index contributed by atoms with van der Waals surface area (Å²) in [5.74, 6) is 1.19.